The number of ether oxygens (including phenoxy) is 1. The van der Waals surface area contributed by atoms with Gasteiger partial charge in [-0.15, -0.1) is 0 Å². The molecule has 0 radical (unpaired) electrons. The molecule has 1 saturated carbocycles. The quantitative estimate of drug-likeness (QED) is 0.924. The number of hydrogen-bond donors (Lipinski definition) is 1. The predicted octanol–water partition coefficient (Wildman–Crippen LogP) is 3.43. The number of methoxy groups -OCH3 is 1. The normalized spacial score (nSPS) is 23.3. The van der Waals surface area contributed by atoms with Crippen LogP contribution in [-0.2, 0) is 13.6 Å². The smallest absolute Gasteiger partial charge is 0.216 e. The summed E-state index contributed by atoms with van der Waals surface area (Å²) in [4.78, 5) is 0. The van der Waals surface area contributed by atoms with Gasteiger partial charge in [-0.1, -0.05) is 33.6 Å². The maximum Gasteiger partial charge on any atom is 0.216 e. The molecule has 1 N–H and O–H groups in total. The van der Waals surface area contributed by atoms with E-state index in [-0.39, 0.29) is 0 Å². The minimum absolute atomic E-state index is 0.367. The minimum atomic E-state index is 0.367. The summed E-state index contributed by atoms with van der Waals surface area (Å²) in [6.07, 6.45) is 5.33. The molecule has 120 valence electrons. The van der Waals surface area contributed by atoms with Crippen LogP contribution in [0.5, 0.6) is 5.88 Å². The Morgan fingerprint density at radius 2 is 1.95 bits per heavy atom. The zero-order valence-corrected chi connectivity index (χ0v) is 14.5. The van der Waals surface area contributed by atoms with E-state index in [1.807, 2.05) is 11.7 Å². The number of nitrogens with zero attached hydrogens (tertiary/aromatic N) is 2. The fraction of sp³-hybridized carbons (Fsp3) is 0.824. The Balaban J connectivity index is 2.08. The van der Waals surface area contributed by atoms with Gasteiger partial charge in [0.1, 0.15) is 0 Å². The summed E-state index contributed by atoms with van der Waals surface area (Å²) in [6, 6.07) is 0.600. The highest BCUT2D eigenvalue weighted by molar-refractivity contribution is 5.30. The van der Waals surface area contributed by atoms with Crippen molar-refractivity contribution >= 4 is 0 Å². The Hall–Kier alpha value is -1.03. The fourth-order valence-corrected chi connectivity index (χ4v) is 3.78. The number of hydrogen-bond acceptors (Lipinski definition) is 3. The number of aryl methyl sites for hydroxylation is 2. The van der Waals surface area contributed by atoms with Crippen molar-refractivity contribution in [1.29, 1.82) is 0 Å². The molecular formula is C17H31N3O. The van der Waals surface area contributed by atoms with Gasteiger partial charge in [0, 0.05) is 19.6 Å². The Bertz CT molecular complexity index is 473. The van der Waals surface area contributed by atoms with E-state index in [0.29, 0.717) is 11.5 Å². The van der Waals surface area contributed by atoms with Gasteiger partial charge in [-0.3, -0.25) is 0 Å². The van der Waals surface area contributed by atoms with Gasteiger partial charge in [0.15, 0.2) is 0 Å². The molecule has 21 heavy (non-hydrogen) atoms. The van der Waals surface area contributed by atoms with Crippen molar-refractivity contribution in [2.24, 2.45) is 18.4 Å². The standard InChI is InChI=1S/C17H31N3O/c1-12-13(16(21-6)20(5)19-12)11-18-15-10-8-7-9-14(15)17(2,3)4/h14-15,18H,7-11H2,1-6H3. The highest BCUT2D eigenvalue weighted by Crippen LogP contribution is 2.38. The second-order valence-electron chi connectivity index (χ2n) is 7.44. The van der Waals surface area contributed by atoms with Gasteiger partial charge in [0.2, 0.25) is 5.88 Å². The van der Waals surface area contributed by atoms with E-state index in [9.17, 15) is 0 Å². The summed E-state index contributed by atoms with van der Waals surface area (Å²) >= 11 is 0. The third-order valence-electron chi connectivity index (χ3n) is 4.90. The molecular weight excluding hydrogens is 262 g/mol. The van der Waals surface area contributed by atoms with Gasteiger partial charge in [0.25, 0.3) is 0 Å². The Kier molecular flexibility index (Phi) is 4.97. The summed E-state index contributed by atoms with van der Waals surface area (Å²) in [5.74, 6) is 1.62. The first-order chi connectivity index (χ1) is 9.84. The zero-order chi connectivity index (χ0) is 15.6. The number of nitrogens with one attached hydrogen (secondary N) is 1. The molecule has 1 aromatic heterocycles. The molecule has 0 aromatic carbocycles. The van der Waals surface area contributed by atoms with Crippen LogP contribution in [0.25, 0.3) is 0 Å². The molecule has 0 spiro atoms. The molecule has 0 amide bonds. The average Bonchev–Trinajstić information content (AvgIpc) is 2.69. The van der Waals surface area contributed by atoms with Crippen molar-refractivity contribution < 1.29 is 4.74 Å². The Labute approximate surface area is 129 Å². The lowest BCUT2D eigenvalue weighted by molar-refractivity contribution is 0.130. The van der Waals surface area contributed by atoms with E-state index in [1.165, 1.54) is 31.2 Å². The van der Waals surface area contributed by atoms with Crippen LogP contribution in [0.2, 0.25) is 0 Å². The average molecular weight is 293 g/mol. The molecule has 4 heteroatoms. The van der Waals surface area contributed by atoms with Crippen molar-refractivity contribution in [1.82, 2.24) is 15.1 Å². The van der Waals surface area contributed by atoms with Crippen LogP contribution < -0.4 is 10.1 Å². The summed E-state index contributed by atoms with van der Waals surface area (Å²) < 4.78 is 7.32. The predicted molar refractivity (Wildman–Crippen MR) is 86.5 cm³/mol. The first-order valence-electron chi connectivity index (χ1n) is 8.14. The topological polar surface area (TPSA) is 39.1 Å². The first kappa shape index (κ1) is 16.3. The third-order valence-corrected chi connectivity index (χ3v) is 4.90. The fourth-order valence-electron chi connectivity index (χ4n) is 3.78. The molecule has 0 saturated heterocycles. The molecule has 2 atom stereocenters. The minimum Gasteiger partial charge on any atom is -0.481 e. The van der Waals surface area contributed by atoms with Crippen LogP contribution in [0.1, 0.15) is 57.7 Å². The monoisotopic (exact) mass is 293 g/mol. The maximum absolute atomic E-state index is 5.49. The maximum atomic E-state index is 5.49. The molecule has 1 fully saturated rings. The number of rotatable bonds is 4. The summed E-state index contributed by atoms with van der Waals surface area (Å²) in [5, 5.41) is 8.26. The molecule has 0 bridgehead atoms. The van der Waals surface area contributed by atoms with Crippen LogP contribution in [-0.4, -0.2) is 22.9 Å². The van der Waals surface area contributed by atoms with Gasteiger partial charge in [-0.05, 0) is 31.1 Å². The zero-order valence-electron chi connectivity index (χ0n) is 14.5. The SMILES string of the molecule is COc1c(CNC2CCCCC2C(C)(C)C)c(C)nn1C. The third kappa shape index (κ3) is 3.60. The van der Waals surface area contributed by atoms with Crippen molar-refractivity contribution in [3.63, 3.8) is 0 Å². The van der Waals surface area contributed by atoms with E-state index < -0.39 is 0 Å². The van der Waals surface area contributed by atoms with Crippen molar-refractivity contribution in [3.8, 4) is 5.88 Å². The molecule has 1 heterocycles. The van der Waals surface area contributed by atoms with E-state index >= 15 is 0 Å². The van der Waals surface area contributed by atoms with Crippen LogP contribution >= 0.6 is 0 Å². The number of aromatic nitrogens is 2. The largest absolute Gasteiger partial charge is 0.481 e. The van der Waals surface area contributed by atoms with E-state index in [4.69, 9.17) is 4.74 Å². The summed E-state index contributed by atoms with van der Waals surface area (Å²) in [6.45, 7) is 10.0. The lowest BCUT2D eigenvalue weighted by Gasteiger charge is -2.41. The highest BCUT2D eigenvalue weighted by Gasteiger charge is 2.34. The van der Waals surface area contributed by atoms with Crippen molar-refractivity contribution in [2.45, 2.75) is 66.0 Å². The first-order valence-corrected chi connectivity index (χ1v) is 8.14. The van der Waals surface area contributed by atoms with Crippen LogP contribution in [0, 0.1) is 18.3 Å². The second-order valence-corrected chi connectivity index (χ2v) is 7.44. The van der Waals surface area contributed by atoms with Crippen molar-refractivity contribution in [3.05, 3.63) is 11.3 Å². The lowest BCUT2D eigenvalue weighted by atomic mass is 9.69. The second kappa shape index (κ2) is 6.39. The van der Waals surface area contributed by atoms with Gasteiger partial charge in [-0.25, -0.2) is 4.68 Å². The molecule has 1 aromatic rings. The molecule has 0 aliphatic heterocycles. The molecule has 4 nitrogen and oxygen atoms in total. The van der Waals surface area contributed by atoms with E-state index in [0.717, 1.165) is 24.0 Å². The molecule has 2 unspecified atom stereocenters. The highest BCUT2D eigenvalue weighted by atomic mass is 16.5. The molecule has 1 aliphatic carbocycles. The van der Waals surface area contributed by atoms with Crippen LogP contribution in [0.4, 0.5) is 0 Å². The van der Waals surface area contributed by atoms with Gasteiger partial charge in [0.05, 0.1) is 18.4 Å². The van der Waals surface area contributed by atoms with Crippen LogP contribution in [0.15, 0.2) is 0 Å². The Morgan fingerprint density at radius 1 is 1.29 bits per heavy atom. The van der Waals surface area contributed by atoms with E-state index in [1.54, 1.807) is 7.11 Å². The summed E-state index contributed by atoms with van der Waals surface area (Å²) in [5.41, 5.74) is 2.62. The lowest BCUT2D eigenvalue weighted by Crippen LogP contribution is -2.44. The molecule has 1 aliphatic rings. The van der Waals surface area contributed by atoms with Crippen molar-refractivity contribution in [2.75, 3.05) is 7.11 Å². The van der Waals surface area contributed by atoms with Gasteiger partial charge >= 0.3 is 0 Å². The Morgan fingerprint density at radius 3 is 2.57 bits per heavy atom. The molecule has 2 rings (SSSR count). The van der Waals surface area contributed by atoms with Gasteiger partial charge in [-0.2, -0.15) is 5.10 Å². The summed E-state index contributed by atoms with van der Waals surface area (Å²) in [7, 11) is 3.66. The van der Waals surface area contributed by atoms with E-state index in [2.05, 4.69) is 38.1 Å². The van der Waals surface area contributed by atoms with Crippen LogP contribution in [0.3, 0.4) is 0 Å². The van der Waals surface area contributed by atoms with Gasteiger partial charge < -0.3 is 10.1 Å².